The van der Waals surface area contributed by atoms with E-state index < -0.39 is 0 Å². The normalized spacial score (nSPS) is 11.8. The molecule has 0 spiro atoms. The second-order valence-corrected chi connectivity index (χ2v) is 7.25. The van der Waals surface area contributed by atoms with Crippen molar-refractivity contribution in [3.8, 4) is 0 Å². The van der Waals surface area contributed by atoms with Gasteiger partial charge in [-0.05, 0) is 23.3 Å². The summed E-state index contributed by atoms with van der Waals surface area (Å²) in [6.45, 7) is 10.7. The lowest BCUT2D eigenvalue weighted by Crippen LogP contribution is -2.30. The predicted octanol–water partition coefficient (Wildman–Crippen LogP) is 4.00. The molecule has 0 bridgehead atoms. The topological polar surface area (TPSA) is 41.1 Å². The molecule has 0 unspecified atom stereocenters. The first kappa shape index (κ1) is 15.0. The maximum absolute atomic E-state index is 4.71. The van der Waals surface area contributed by atoms with Crippen LogP contribution in [0.1, 0.15) is 34.1 Å². The maximum atomic E-state index is 4.71. The molecule has 2 aromatic rings. The molecule has 0 fully saturated rings. The van der Waals surface area contributed by atoms with E-state index in [1.165, 1.54) is 0 Å². The molecule has 0 saturated carbocycles. The third kappa shape index (κ3) is 3.60. The zero-order valence-electron chi connectivity index (χ0n) is 13.0. The van der Waals surface area contributed by atoms with E-state index in [-0.39, 0.29) is 5.41 Å². The molecular weight excluding hydrogens is 268 g/mol. The lowest BCUT2D eigenvalue weighted by molar-refractivity contribution is 0.418. The minimum Gasteiger partial charge on any atom is -0.358 e. The standard InChI is InChI=1S/C15H24N4S/c1-6-8-16-14-17-12(19(5)10-15(2,3)4)11-7-9-20-13(11)18-14/h7,9H,6,8,10H2,1-5H3,(H,16,17,18). The second kappa shape index (κ2) is 5.95. The fraction of sp³-hybridized carbons (Fsp3) is 0.600. The molecule has 0 radical (unpaired) electrons. The highest BCUT2D eigenvalue weighted by Gasteiger charge is 2.18. The summed E-state index contributed by atoms with van der Waals surface area (Å²) in [5.74, 6) is 1.75. The highest BCUT2D eigenvalue weighted by molar-refractivity contribution is 7.16. The van der Waals surface area contributed by atoms with Gasteiger partial charge in [0.05, 0.1) is 5.39 Å². The van der Waals surface area contributed by atoms with Crippen molar-refractivity contribution in [1.29, 1.82) is 0 Å². The van der Waals surface area contributed by atoms with Crippen molar-refractivity contribution in [2.45, 2.75) is 34.1 Å². The average Bonchev–Trinajstić information content (AvgIpc) is 2.81. The number of thiophene rings is 1. The number of rotatable bonds is 5. The van der Waals surface area contributed by atoms with E-state index in [2.05, 4.69) is 61.4 Å². The van der Waals surface area contributed by atoms with Crippen LogP contribution in [0, 0.1) is 5.41 Å². The van der Waals surface area contributed by atoms with Crippen LogP contribution >= 0.6 is 11.3 Å². The van der Waals surface area contributed by atoms with Gasteiger partial charge in [0.1, 0.15) is 10.6 Å². The van der Waals surface area contributed by atoms with Crippen LogP contribution in [0.5, 0.6) is 0 Å². The molecule has 0 aliphatic heterocycles. The Morgan fingerprint density at radius 1 is 1.30 bits per heavy atom. The third-order valence-corrected chi connectivity index (χ3v) is 3.72. The fourth-order valence-corrected chi connectivity index (χ4v) is 2.99. The van der Waals surface area contributed by atoms with Gasteiger partial charge in [-0.1, -0.05) is 27.7 Å². The zero-order valence-corrected chi connectivity index (χ0v) is 13.8. The molecule has 4 nitrogen and oxygen atoms in total. The molecule has 0 aliphatic rings. The van der Waals surface area contributed by atoms with Gasteiger partial charge in [0.2, 0.25) is 5.95 Å². The molecule has 0 saturated heterocycles. The van der Waals surface area contributed by atoms with Crippen LogP contribution in [0.3, 0.4) is 0 Å². The molecule has 2 aromatic heterocycles. The highest BCUT2D eigenvalue weighted by atomic mass is 32.1. The summed E-state index contributed by atoms with van der Waals surface area (Å²) < 4.78 is 0. The van der Waals surface area contributed by atoms with E-state index in [9.17, 15) is 0 Å². The van der Waals surface area contributed by atoms with Crippen molar-refractivity contribution in [2.75, 3.05) is 30.4 Å². The van der Waals surface area contributed by atoms with Crippen molar-refractivity contribution in [3.63, 3.8) is 0 Å². The van der Waals surface area contributed by atoms with Crippen LogP contribution in [0.4, 0.5) is 11.8 Å². The Balaban J connectivity index is 2.36. The fourth-order valence-electron chi connectivity index (χ4n) is 2.23. The number of nitrogens with zero attached hydrogens (tertiary/aromatic N) is 3. The minimum atomic E-state index is 0.235. The van der Waals surface area contributed by atoms with Crippen LogP contribution in [0.15, 0.2) is 11.4 Å². The van der Waals surface area contributed by atoms with Gasteiger partial charge >= 0.3 is 0 Å². The second-order valence-electron chi connectivity index (χ2n) is 6.35. The van der Waals surface area contributed by atoms with Crippen molar-refractivity contribution in [2.24, 2.45) is 5.41 Å². The van der Waals surface area contributed by atoms with Crippen LogP contribution < -0.4 is 10.2 Å². The van der Waals surface area contributed by atoms with Gasteiger partial charge in [0.25, 0.3) is 0 Å². The first-order chi connectivity index (χ1) is 9.40. The van der Waals surface area contributed by atoms with Crippen molar-refractivity contribution >= 4 is 33.3 Å². The molecule has 0 atom stereocenters. The van der Waals surface area contributed by atoms with E-state index >= 15 is 0 Å². The number of aromatic nitrogens is 2. The molecule has 0 amide bonds. The van der Waals surface area contributed by atoms with Crippen molar-refractivity contribution < 1.29 is 0 Å². The minimum absolute atomic E-state index is 0.235. The van der Waals surface area contributed by atoms with Gasteiger partial charge in [-0.15, -0.1) is 11.3 Å². The Kier molecular flexibility index (Phi) is 4.48. The Labute approximate surface area is 125 Å². The van der Waals surface area contributed by atoms with Gasteiger partial charge < -0.3 is 10.2 Å². The largest absolute Gasteiger partial charge is 0.358 e. The van der Waals surface area contributed by atoms with Crippen LogP contribution in [0.25, 0.3) is 10.2 Å². The highest BCUT2D eigenvalue weighted by Crippen LogP contribution is 2.30. The summed E-state index contributed by atoms with van der Waals surface area (Å²) in [7, 11) is 2.11. The maximum Gasteiger partial charge on any atom is 0.226 e. The van der Waals surface area contributed by atoms with E-state index in [4.69, 9.17) is 4.98 Å². The number of anilines is 2. The Bertz CT molecular complexity index is 571. The van der Waals surface area contributed by atoms with Gasteiger partial charge in [-0.3, -0.25) is 0 Å². The molecule has 20 heavy (non-hydrogen) atoms. The lowest BCUT2D eigenvalue weighted by Gasteiger charge is -2.28. The zero-order chi connectivity index (χ0) is 14.8. The van der Waals surface area contributed by atoms with E-state index in [0.29, 0.717) is 0 Å². The lowest BCUT2D eigenvalue weighted by atomic mass is 9.96. The number of hydrogen-bond donors (Lipinski definition) is 1. The molecule has 5 heteroatoms. The van der Waals surface area contributed by atoms with E-state index in [1.54, 1.807) is 11.3 Å². The average molecular weight is 292 g/mol. The SMILES string of the molecule is CCCNc1nc(N(C)CC(C)(C)C)c2ccsc2n1. The third-order valence-electron chi connectivity index (χ3n) is 2.91. The Morgan fingerprint density at radius 3 is 2.70 bits per heavy atom. The van der Waals surface area contributed by atoms with Crippen LogP contribution in [0.2, 0.25) is 0 Å². The van der Waals surface area contributed by atoms with Crippen molar-refractivity contribution in [1.82, 2.24) is 9.97 Å². The summed E-state index contributed by atoms with van der Waals surface area (Å²) >= 11 is 1.67. The van der Waals surface area contributed by atoms with Crippen LogP contribution in [-0.4, -0.2) is 30.1 Å². The van der Waals surface area contributed by atoms with Gasteiger partial charge in [-0.25, -0.2) is 4.98 Å². The Morgan fingerprint density at radius 2 is 2.05 bits per heavy atom. The van der Waals surface area contributed by atoms with Crippen LogP contribution in [-0.2, 0) is 0 Å². The molecule has 110 valence electrons. The van der Waals surface area contributed by atoms with E-state index in [0.717, 1.165) is 41.5 Å². The number of hydrogen-bond acceptors (Lipinski definition) is 5. The number of fused-ring (bicyclic) bond motifs is 1. The molecule has 0 aliphatic carbocycles. The first-order valence-electron chi connectivity index (χ1n) is 7.11. The summed E-state index contributed by atoms with van der Waals surface area (Å²) in [5.41, 5.74) is 0.235. The summed E-state index contributed by atoms with van der Waals surface area (Å²) in [6, 6.07) is 2.11. The van der Waals surface area contributed by atoms with Crippen molar-refractivity contribution in [3.05, 3.63) is 11.4 Å². The number of nitrogens with one attached hydrogen (secondary N) is 1. The van der Waals surface area contributed by atoms with E-state index in [1.807, 2.05) is 0 Å². The van der Waals surface area contributed by atoms with Gasteiger partial charge in [-0.2, -0.15) is 4.98 Å². The monoisotopic (exact) mass is 292 g/mol. The molecule has 1 N–H and O–H groups in total. The molecule has 2 rings (SSSR count). The molecular formula is C15H24N4S. The summed E-state index contributed by atoms with van der Waals surface area (Å²) in [4.78, 5) is 12.6. The summed E-state index contributed by atoms with van der Waals surface area (Å²) in [5, 5.41) is 6.52. The molecule has 0 aromatic carbocycles. The van der Waals surface area contributed by atoms with Gasteiger partial charge in [0, 0.05) is 20.1 Å². The summed E-state index contributed by atoms with van der Waals surface area (Å²) in [6.07, 6.45) is 1.07. The quantitative estimate of drug-likeness (QED) is 0.904. The smallest absolute Gasteiger partial charge is 0.226 e. The molecule has 2 heterocycles. The Hall–Kier alpha value is -1.36. The van der Waals surface area contributed by atoms with Gasteiger partial charge in [0.15, 0.2) is 0 Å². The predicted molar refractivity (Wildman–Crippen MR) is 88.9 cm³/mol. The first-order valence-corrected chi connectivity index (χ1v) is 7.99.